The van der Waals surface area contributed by atoms with Crippen molar-refractivity contribution in [2.75, 3.05) is 0 Å². The Morgan fingerprint density at radius 1 is 1.44 bits per heavy atom. The molecule has 9 heavy (non-hydrogen) atoms. The number of aromatic nitrogens is 4. The van der Waals surface area contributed by atoms with Gasteiger partial charge in [0, 0.05) is 0 Å². The Bertz CT molecular complexity index is 322. The summed E-state index contributed by atoms with van der Waals surface area (Å²) < 4.78 is 1.00. The fourth-order valence-corrected chi connectivity index (χ4v) is 1.21. The van der Waals surface area contributed by atoms with Crippen LogP contribution in [0.15, 0.2) is 6.20 Å². The van der Waals surface area contributed by atoms with Gasteiger partial charge in [0.15, 0.2) is 0 Å². The zero-order valence-electron chi connectivity index (χ0n) is 4.35. The number of H-pyrrole nitrogens is 2. The van der Waals surface area contributed by atoms with Crippen LogP contribution in [0.4, 0.5) is 0 Å². The molecule has 0 atom stereocenters. The maximum absolute atomic E-state index is 3.95. The second kappa shape index (κ2) is 1.69. The normalized spacial score (nSPS) is 10.8. The van der Waals surface area contributed by atoms with Crippen molar-refractivity contribution in [1.82, 2.24) is 20.4 Å². The van der Waals surface area contributed by atoms with Gasteiger partial charge in [0.25, 0.3) is 0 Å². The van der Waals surface area contributed by atoms with Crippen molar-refractivity contribution in [2.24, 2.45) is 0 Å². The standard InChI is InChI=1S/C4H3IN4/c5-4-3-2(7-9-4)1-6-8-3/h1H,(H,6,8)(H,7,9). The highest BCUT2D eigenvalue weighted by atomic mass is 127. The summed E-state index contributed by atoms with van der Waals surface area (Å²) in [4.78, 5) is 0. The first kappa shape index (κ1) is 5.21. The molecule has 0 aliphatic carbocycles. The van der Waals surface area contributed by atoms with E-state index in [4.69, 9.17) is 0 Å². The Labute approximate surface area is 64.2 Å². The quantitative estimate of drug-likeness (QED) is 0.665. The largest absolute Gasteiger partial charge is 0.273 e. The first-order valence-electron chi connectivity index (χ1n) is 2.41. The van der Waals surface area contributed by atoms with Crippen LogP contribution in [-0.4, -0.2) is 20.4 Å². The van der Waals surface area contributed by atoms with Crippen LogP contribution in [0.25, 0.3) is 11.0 Å². The lowest BCUT2D eigenvalue weighted by Gasteiger charge is -1.73. The highest BCUT2D eigenvalue weighted by molar-refractivity contribution is 14.1. The Morgan fingerprint density at radius 3 is 3.11 bits per heavy atom. The molecule has 2 rings (SSSR count). The molecule has 0 aromatic carbocycles. The summed E-state index contributed by atoms with van der Waals surface area (Å²) in [6.07, 6.45) is 1.69. The molecule has 0 unspecified atom stereocenters. The van der Waals surface area contributed by atoms with Gasteiger partial charge in [-0.2, -0.15) is 10.2 Å². The Morgan fingerprint density at radius 2 is 2.33 bits per heavy atom. The third-order valence-electron chi connectivity index (χ3n) is 1.11. The summed E-state index contributed by atoms with van der Waals surface area (Å²) in [5, 5.41) is 13.4. The number of fused-ring (bicyclic) bond motifs is 1. The molecule has 46 valence electrons. The van der Waals surface area contributed by atoms with Gasteiger partial charge in [0.1, 0.15) is 14.7 Å². The number of halogens is 1. The second-order valence-electron chi connectivity index (χ2n) is 1.67. The monoisotopic (exact) mass is 234 g/mol. The summed E-state index contributed by atoms with van der Waals surface area (Å²) >= 11 is 2.16. The Balaban J connectivity index is 2.99. The van der Waals surface area contributed by atoms with E-state index in [-0.39, 0.29) is 0 Å². The van der Waals surface area contributed by atoms with Gasteiger partial charge < -0.3 is 0 Å². The first-order valence-corrected chi connectivity index (χ1v) is 3.49. The van der Waals surface area contributed by atoms with Gasteiger partial charge in [-0.1, -0.05) is 0 Å². The van der Waals surface area contributed by atoms with Gasteiger partial charge in [-0.3, -0.25) is 10.2 Å². The van der Waals surface area contributed by atoms with Gasteiger partial charge in [-0.15, -0.1) is 0 Å². The van der Waals surface area contributed by atoms with E-state index in [0.717, 1.165) is 14.7 Å². The summed E-state index contributed by atoms with van der Waals surface area (Å²) in [5.74, 6) is 0. The third-order valence-corrected chi connectivity index (χ3v) is 1.89. The maximum Gasteiger partial charge on any atom is 0.131 e. The number of rotatable bonds is 0. The number of aromatic amines is 2. The van der Waals surface area contributed by atoms with E-state index in [1.165, 1.54) is 0 Å². The average molecular weight is 234 g/mol. The van der Waals surface area contributed by atoms with Crippen molar-refractivity contribution in [3.05, 3.63) is 9.90 Å². The Hall–Kier alpha value is -0.590. The van der Waals surface area contributed by atoms with Crippen molar-refractivity contribution in [3.63, 3.8) is 0 Å². The van der Waals surface area contributed by atoms with Crippen LogP contribution in [0.2, 0.25) is 0 Å². The van der Waals surface area contributed by atoms with Crippen LogP contribution >= 0.6 is 22.6 Å². The SMILES string of the molecule is Ic1[nH]nc2cn[nH]c12. The fourth-order valence-electron chi connectivity index (χ4n) is 0.691. The summed E-state index contributed by atoms with van der Waals surface area (Å²) in [6.45, 7) is 0. The zero-order valence-corrected chi connectivity index (χ0v) is 6.51. The predicted octanol–water partition coefficient (Wildman–Crippen LogP) is 0.891. The molecule has 0 aliphatic rings. The summed E-state index contributed by atoms with van der Waals surface area (Å²) in [6, 6.07) is 0. The van der Waals surface area contributed by atoms with Crippen molar-refractivity contribution in [3.8, 4) is 0 Å². The van der Waals surface area contributed by atoms with Crippen molar-refractivity contribution in [1.29, 1.82) is 0 Å². The second-order valence-corrected chi connectivity index (χ2v) is 2.75. The van der Waals surface area contributed by atoms with Crippen LogP contribution in [0, 0.1) is 3.70 Å². The molecule has 0 saturated carbocycles. The molecule has 0 bridgehead atoms. The number of nitrogens with one attached hydrogen (secondary N) is 2. The van der Waals surface area contributed by atoms with Crippen LogP contribution in [0.3, 0.4) is 0 Å². The van der Waals surface area contributed by atoms with Gasteiger partial charge in [-0.05, 0) is 22.6 Å². The minimum Gasteiger partial charge on any atom is -0.273 e. The molecule has 0 amide bonds. The van der Waals surface area contributed by atoms with Gasteiger partial charge in [0.2, 0.25) is 0 Å². The molecular weight excluding hydrogens is 231 g/mol. The maximum atomic E-state index is 3.95. The first-order chi connectivity index (χ1) is 4.38. The molecule has 2 heterocycles. The van der Waals surface area contributed by atoms with Crippen molar-refractivity contribution >= 4 is 33.6 Å². The van der Waals surface area contributed by atoms with Gasteiger partial charge in [0.05, 0.1) is 6.20 Å². The van der Waals surface area contributed by atoms with E-state index in [2.05, 4.69) is 43.0 Å². The van der Waals surface area contributed by atoms with E-state index in [9.17, 15) is 0 Å². The van der Waals surface area contributed by atoms with E-state index < -0.39 is 0 Å². The van der Waals surface area contributed by atoms with E-state index in [1.54, 1.807) is 6.20 Å². The lowest BCUT2D eigenvalue weighted by molar-refractivity contribution is 1.05. The molecule has 0 saturated heterocycles. The molecule has 0 fully saturated rings. The third kappa shape index (κ3) is 0.640. The highest BCUT2D eigenvalue weighted by Crippen LogP contribution is 2.12. The topological polar surface area (TPSA) is 57.4 Å². The fraction of sp³-hybridized carbons (Fsp3) is 0. The highest BCUT2D eigenvalue weighted by Gasteiger charge is 2.01. The minimum atomic E-state index is 0.888. The summed E-state index contributed by atoms with van der Waals surface area (Å²) in [7, 11) is 0. The smallest absolute Gasteiger partial charge is 0.131 e. The molecular formula is C4H3IN4. The average Bonchev–Trinajstić information content (AvgIpc) is 2.35. The molecule has 5 heteroatoms. The van der Waals surface area contributed by atoms with E-state index >= 15 is 0 Å². The molecule has 4 nitrogen and oxygen atoms in total. The van der Waals surface area contributed by atoms with E-state index in [0.29, 0.717) is 0 Å². The number of nitrogens with zero attached hydrogens (tertiary/aromatic N) is 2. The molecule has 0 spiro atoms. The lowest BCUT2D eigenvalue weighted by atomic mass is 10.5. The minimum absolute atomic E-state index is 0.888. The molecule has 2 aromatic rings. The predicted molar refractivity (Wildman–Crippen MR) is 41.0 cm³/mol. The molecule has 2 N–H and O–H groups in total. The van der Waals surface area contributed by atoms with Gasteiger partial charge >= 0.3 is 0 Å². The summed E-state index contributed by atoms with van der Waals surface area (Å²) in [5.41, 5.74) is 1.87. The lowest BCUT2D eigenvalue weighted by Crippen LogP contribution is -1.72. The van der Waals surface area contributed by atoms with Gasteiger partial charge in [-0.25, -0.2) is 0 Å². The number of hydrogen-bond acceptors (Lipinski definition) is 2. The Kier molecular flexibility index (Phi) is 0.981. The molecule has 2 aromatic heterocycles. The van der Waals surface area contributed by atoms with Crippen LogP contribution in [0.5, 0.6) is 0 Å². The van der Waals surface area contributed by atoms with Crippen LogP contribution in [-0.2, 0) is 0 Å². The number of hydrogen-bond donors (Lipinski definition) is 2. The van der Waals surface area contributed by atoms with Crippen LogP contribution in [0.1, 0.15) is 0 Å². The zero-order chi connectivity index (χ0) is 6.27. The van der Waals surface area contributed by atoms with Crippen molar-refractivity contribution < 1.29 is 0 Å². The molecule has 0 radical (unpaired) electrons. The van der Waals surface area contributed by atoms with E-state index in [1.807, 2.05) is 0 Å². The molecule has 0 aliphatic heterocycles. The van der Waals surface area contributed by atoms with Crippen LogP contribution < -0.4 is 0 Å². The van der Waals surface area contributed by atoms with Crippen molar-refractivity contribution in [2.45, 2.75) is 0 Å².